The minimum absolute atomic E-state index is 0.176. The predicted molar refractivity (Wildman–Crippen MR) is 96.0 cm³/mol. The van der Waals surface area contributed by atoms with Crippen molar-refractivity contribution < 1.29 is 14.3 Å². The van der Waals surface area contributed by atoms with Gasteiger partial charge in [-0.25, -0.2) is 0 Å². The first-order valence-corrected chi connectivity index (χ1v) is 8.01. The summed E-state index contributed by atoms with van der Waals surface area (Å²) in [6.07, 6.45) is 0. The van der Waals surface area contributed by atoms with E-state index in [4.69, 9.17) is 9.47 Å². The number of rotatable bonds is 5. The number of amides is 1. The first kappa shape index (κ1) is 16.6. The molecule has 0 aliphatic rings. The van der Waals surface area contributed by atoms with Crippen molar-refractivity contribution in [1.29, 1.82) is 0 Å². The Labute approximate surface area is 144 Å². The van der Waals surface area contributed by atoms with E-state index in [9.17, 15) is 4.79 Å². The molecule has 0 spiro atoms. The fourth-order valence-corrected chi connectivity index (χ4v) is 2.82. The van der Waals surface area contributed by atoms with Crippen molar-refractivity contribution in [2.45, 2.75) is 13.8 Å². The number of hydrogen-bond acceptors (Lipinski definition) is 3. The molecule has 0 aliphatic heterocycles. The number of nitrogens with one attached hydrogen (secondary N) is 1. The van der Waals surface area contributed by atoms with Gasteiger partial charge in [0.1, 0.15) is 0 Å². The van der Waals surface area contributed by atoms with Crippen LogP contribution in [0, 0.1) is 10.5 Å². The Bertz CT molecular complexity index is 686. The highest BCUT2D eigenvalue weighted by Crippen LogP contribution is 2.34. The lowest BCUT2D eigenvalue weighted by molar-refractivity contribution is 0.102. The molecule has 5 heteroatoms. The van der Waals surface area contributed by atoms with Crippen LogP contribution in [-0.2, 0) is 0 Å². The molecule has 0 aromatic heterocycles. The third-order valence-corrected chi connectivity index (χ3v) is 3.86. The summed E-state index contributed by atoms with van der Waals surface area (Å²) < 4.78 is 11.7. The zero-order valence-corrected chi connectivity index (χ0v) is 14.9. The molecule has 2 aromatic carbocycles. The van der Waals surface area contributed by atoms with Crippen LogP contribution < -0.4 is 14.8 Å². The first-order valence-electron chi connectivity index (χ1n) is 6.93. The normalized spacial score (nSPS) is 10.2. The molecule has 1 N–H and O–H groups in total. The molecule has 0 unspecified atom stereocenters. The molecule has 4 nitrogen and oxygen atoms in total. The van der Waals surface area contributed by atoms with Gasteiger partial charge in [0, 0.05) is 11.3 Å². The fourth-order valence-electron chi connectivity index (χ4n) is 2.06. The van der Waals surface area contributed by atoms with E-state index in [1.165, 1.54) is 0 Å². The average Bonchev–Trinajstić information content (AvgIpc) is 2.49. The second-order valence-electron chi connectivity index (χ2n) is 4.75. The van der Waals surface area contributed by atoms with Gasteiger partial charge in [0.15, 0.2) is 11.5 Å². The lowest BCUT2D eigenvalue weighted by atomic mass is 10.1. The van der Waals surface area contributed by atoms with E-state index in [-0.39, 0.29) is 5.91 Å². The van der Waals surface area contributed by atoms with Gasteiger partial charge in [-0.1, -0.05) is 12.1 Å². The molecule has 116 valence electrons. The van der Waals surface area contributed by atoms with E-state index >= 15 is 0 Å². The van der Waals surface area contributed by atoms with E-state index in [2.05, 4.69) is 27.9 Å². The third-order valence-electron chi connectivity index (χ3n) is 3.06. The number of benzene rings is 2. The van der Waals surface area contributed by atoms with Gasteiger partial charge in [-0.3, -0.25) is 4.79 Å². The van der Waals surface area contributed by atoms with Crippen molar-refractivity contribution in [1.82, 2.24) is 0 Å². The number of ether oxygens (including phenoxy) is 2. The summed E-state index contributed by atoms with van der Waals surface area (Å²) in [5.74, 6) is 1.05. The number of hydrogen-bond donors (Lipinski definition) is 1. The molecule has 0 radical (unpaired) electrons. The van der Waals surface area contributed by atoms with Gasteiger partial charge in [-0.2, -0.15) is 0 Å². The largest absolute Gasteiger partial charge is 0.493 e. The Morgan fingerprint density at radius 3 is 2.68 bits per heavy atom. The maximum atomic E-state index is 12.4. The van der Waals surface area contributed by atoms with Crippen LogP contribution in [-0.4, -0.2) is 19.6 Å². The summed E-state index contributed by atoms with van der Waals surface area (Å²) in [4.78, 5) is 12.4. The maximum absolute atomic E-state index is 12.4. The predicted octanol–water partition coefficient (Wildman–Crippen LogP) is 4.26. The first-order chi connectivity index (χ1) is 10.5. The summed E-state index contributed by atoms with van der Waals surface area (Å²) in [5.41, 5.74) is 2.40. The highest BCUT2D eigenvalue weighted by Gasteiger charge is 2.15. The van der Waals surface area contributed by atoms with Crippen LogP contribution in [0.15, 0.2) is 36.4 Å². The highest BCUT2D eigenvalue weighted by molar-refractivity contribution is 14.1. The van der Waals surface area contributed by atoms with Crippen LogP contribution >= 0.6 is 22.6 Å². The molecule has 0 aliphatic carbocycles. The summed E-state index contributed by atoms with van der Waals surface area (Å²) in [6, 6.07) is 11.2. The average molecular weight is 411 g/mol. The third kappa shape index (κ3) is 3.91. The van der Waals surface area contributed by atoms with Crippen molar-refractivity contribution >= 4 is 34.2 Å². The molecule has 0 bridgehead atoms. The Hall–Kier alpha value is -1.76. The molecule has 0 heterocycles. The Kier molecular flexibility index (Phi) is 5.65. The lowest BCUT2D eigenvalue weighted by Crippen LogP contribution is -2.13. The quantitative estimate of drug-likeness (QED) is 0.749. The maximum Gasteiger partial charge on any atom is 0.255 e. The number of halogens is 1. The smallest absolute Gasteiger partial charge is 0.255 e. The summed E-state index contributed by atoms with van der Waals surface area (Å²) in [5, 5.41) is 2.89. The Morgan fingerprint density at radius 2 is 2.05 bits per heavy atom. The Balaban J connectivity index is 2.28. The van der Waals surface area contributed by atoms with E-state index in [1.807, 2.05) is 38.1 Å². The van der Waals surface area contributed by atoms with Crippen molar-refractivity contribution in [2.24, 2.45) is 0 Å². The molecule has 0 atom stereocenters. The van der Waals surface area contributed by atoms with Crippen molar-refractivity contribution in [3.63, 3.8) is 0 Å². The lowest BCUT2D eigenvalue weighted by Gasteiger charge is -2.13. The number of anilines is 1. The number of methoxy groups -OCH3 is 1. The van der Waals surface area contributed by atoms with Crippen LogP contribution in [0.5, 0.6) is 11.5 Å². The summed E-state index contributed by atoms with van der Waals surface area (Å²) >= 11 is 2.14. The van der Waals surface area contributed by atoms with Gasteiger partial charge in [-0.15, -0.1) is 0 Å². The minimum atomic E-state index is -0.176. The molecular weight excluding hydrogens is 393 g/mol. The molecular formula is C17H18INO3. The van der Waals surface area contributed by atoms with Crippen molar-refractivity contribution in [2.75, 3.05) is 19.0 Å². The zero-order chi connectivity index (χ0) is 16.1. The Morgan fingerprint density at radius 1 is 1.27 bits per heavy atom. The van der Waals surface area contributed by atoms with E-state index in [0.717, 1.165) is 14.8 Å². The molecule has 0 fully saturated rings. The topological polar surface area (TPSA) is 47.6 Å². The van der Waals surface area contributed by atoms with Crippen molar-refractivity contribution in [3.05, 3.63) is 51.1 Å². The molecule has 0 saturated carbocycles. The zero-order valence-electron chi connectivity index (χ0n) is 12.8. The van der Waals surface area contributed by atoms with E-state index in [0.29, 0.717) is 23.7 Å². The van der Waals surface area contributed by atoms with Crippen LogP contribution in [0.2, 0.25) is 0 Å². The summed E-state index contributed by atoms with van der Waals surface area (Å²) in [6.45, 7) is 4.44. The van der Waals surface area contributed by atoms with Crippen molar-refractivity contribution in [3.8, 4) is 11.5 Å². The number of carbonyl (C=O) groups excluding carboxylic acids is 1. The number of carbonyl (C=O) groups is 1. The molecule has 2 rings (SSSR count). The second-order valence-corrected chi connectivity index (χ2v) is 5.91. The van der Waals surface area contributed by atoms with Crippen LogP contribution in [0.25, 0.3) is 0 Å². The van der Waals surface area contributed by atoms with Gasteiger partial charge in [0.2, 0.25) is 0 Å². The SMILES string of the molecule is CCOc1c(I)cc(C(=O)Nc2cccc(C)c2)cc1OC. The number of aryl methyl sites for hydroxylation is 1. The summed E-state index contributed by atoms with van der Waals surface area (Å²) in [7, 11) is 1.57. The van der Waals surface area contributed by atoms with Crippen LogP contribution in [0.1, 0.15) is 22.8 Å². The fraction of sp³-hybridized carbons (Fsp3) is 0.235. The minimum Gasteiger partial charge on any atom is -0.493 e. The molecule has 1 amide bonds. The second kappa shape index (κ2) is 7.49. The van der Waals surface area contributed by atoms with Gasteiger partial charge < -0.3 is 14.8 Å². The highest BCUT2D eigenvalue weighted by atomic mass is 127. The van der Waals surface area contributed by atoms with Gasteiger partial charge in [0.05, 0.1) is 17.3 Å². The monoisotopic (exact) mass is 411 g/mol. The van der Waals surface area contributed by atoms with E-state index < -0.39 is 0 Å². The standard InChI is InChI=1S/C17H18INO3/c1-4-22-16-14(18)9-12(10-15(16)21-3)17(20)19-13-7-5-6-11(2)8-13/h5-10H,4H2,1-3H3,(H,19,20). The van der Waals surface area contributed by atoms with Crippen LogP contribution in [0.4, 0.5) is 5.69 Å². The van der Waals surface area contributed by atoms with E-state index in [1.54, 1.807) is 19.2 Å². The molecule has 2 aromatic rings. The van der Waals surface area contributed by atoms with Gasteiger partial charge in [-0.05, 0) is 66.3 Å². The van der Waals surface area contributed by atoms with Gasteiger partial charge >= 0.3 is 0 Å². The van der Waals surface area contributed by atoms with Gasteiger partial charge in [0.25, 0.3) is 5.91 Å². The molecule has 0 saturated heterocycles. The molecule has 22 heavy (non-hydrogen) atoms. The van der Waals surface area contributed by atoms with Crippen LogP contribution in [0.3, 0.4) is 0 Å².